The second-order valence-corrected chi connectivity index (χ2v) is 4.58. The number of allylic oxidation sites excluding steroid dienone is 1. The molecule has 0 heterocycles. The summed E-state index contributed by atoms with van der Waals surface area (Å²) in [5, 5.41) is 0. The van der Waals surface area contributed by atoms with Crippen LogP contribution >= 0.6 is 0 Å². The number of nitrogens with zero attached hydrogens (tertiary/aromatic N) is 1. The maximum Gasteiger partial charge on any atom is 0.0308 e. The molecule has 1 aliphatic carbocycles. The van der Waals surface area contributed by atoms with Gasteiger partial charge >= 0.3 is 0 Å². The van der Waals surface area contributed by atoms with Gasteiger partial charge in [-0.05, 0) is 39.3 Å². The maximum absolute atomic E-state index is 2.42. The van der Waals surface area contributed by atoms with Gasteiger partial charge in [0.1, 0.15) is 0 Å². The van der Waals surface area contributed by atoms with Gasteiger partial charge in [-0.25, -0.2) is 0 Å². The molecular weight excluding hydrogens is 146 g/mol. The molecule has 1 nitrogen and oxygen atoms in total. The third-order valence-electron chi connectivity index (χ3n) is 2.90. The molecule has 12 heavy (non-hydrogen) atoms. The molecule has 0 radical (unpaired) electrons. The molecule has 1 aliphatic rings. The lowest BCUT2D eigenvalue weighted by Crippen LogP contribution is -2.33. The van der Waals surface area contributed by atoms with Gasteiger partial charge in [-0.2, -0.15) is 0 Å². The molecule has 0 bridgehead atoms. The van der Waals surface area contributed by atoms with Crippen LogP contribution in [-0.4, -0.2) is 25.0 Å². The van der Waals surface area contributed by atoms with Gasteiger partial charge in [-0.15, -0.1) is 0 Å². The van der Waals surface area contributed by atoms with Crippen molar-refractivity contribution >= 4 is 0 Å². The van der Waals surface area contributed by atoms with E-state index in [-0.39, 0.29) is 0 Å². The molecule has 0 aromatic rings. The molecule has 2 unspecified atom stereocenters. The van der Waals surface area contributed by atoms with Crippen molar-refractivity contribution in [3.63, 3.8) is 0 Å². The van der Waals surface area contributed by atoms with Crippen molar-refractivity contribution in [1.29, 1.82) is 0 Å². The van der Waals surface area contributed by atoms with E-state index in [2.05, 4.69) is 45.8 Å². The van der Waals surface area contributed by atoms with Crippen molar-refractivity contribution in [2.75, 3.05) is 14.1 Å². The van der Waals surface area contributed by atoms with Crippen molar-refractivity contribution in [3.05, 3.63) is 11.6 Å². The molecule has 0 spiro atoms. The molecule has 0 amide bonds. The van der Waals surface area contributed by atoms with Crippen LogP contribution in [0.4, 0.5) is 0 Å². The van der Waals surface area contributed by atoms with Gasteiger partial charge in [0.15, 0.2) is 0 Å². The molecule has 0 aliphatic heterocycles. The summed E-state index contributed by atoms with van der Waals surface area (Å²) in [6.45, 7) is 6.90. The molecule has 1 heteroatoms. The molecule has 0 N–H and O–H groups in total. The summed E-state index contributed by atoms with van der Waals surface area (Å²) in [5.41, 5.74) is 1.56. The molecule has 0 saturated heterocycles. The first-order valence-electron chi connectivity index (χ1n) is 4.86. The van der Waals surface area contributed by atoms with E-state index < -0.39 is 0 Å². The van der Waals surface area contributed by atoms with Gasteiger partial charge in [-0.3, -0.25) is 0 Å². The van der Waals surface area contributed by atoms with Crippen LogP contribution in [0.3, 0.4) is 0 Å². The first kappa shape index (κ1) is 9.79. The molecule has 70 valence electrons. The Balaban J connectivity index is 2.68. The van der Waals surface area contributed by atoms with Crippen LogP contribution in [0.15, 0.2) is 11.6 Å². The van der Waals surface area contributed by atoms with E-state index in [9.17, 15) is 0 Å². The van der Waals surface area contributed by atoms with Gasteiger partial charge in [0.05, 0.1) is 0 Å². The van der Waals surface area contributed by atoms with Gasteiger partial charge < -0.3 is 4.90 Å². The highest BCUT2D eigenvalue weighted by Crippen LogP contribution is 2.32. The van der Waals surface area contributed by atoms with Crippen LogP contribution in [0.5, 0.6) is 0 Å². The van der Waals surface area contributed by atoms with E-state index >= 15 is 0 Å². The van der Waals surface area contributed by atoms with Crippen molar-refractivity contribution in [2.45, 2.75) is 33.2 Å². The predicted octanol–water partition coefficient (Wildman–Crippen LogP) is 2.54. The van der Waals surface area contributed by atoms with E-state index in [0.29, 0.717) is 6.04 Å². The molecule has 0 aromatic heterocycles. The average molecular weight is 167 g/mol. The number of rotatable bonds is 2. The first-order valence-corrected chi connectivity index (χ1v) is 4.86. The molecular formula is C11H21N. The minimum Gasteiger partial charge on any atom is -0.303 e. The minimum absolute atomic E-state index is 0.671. The standard InChI is InChI=1S/C11H21N/c1-8(2)10-6-9(3)7-11(10)12(4)5/h7-8,10-11H,6H2,1-5H3. The summed E-state index contributed by atoms with van der Waals surface area (Å²) in [5.74, 6) is 1.63. The van der Waals surface area contributed by atoms with E-state index in [0.717, 1.165) is 11.8 Å². The highest BCUT2D eigenvalue weighted by molar-refractivity contribution is 5.15. The molecule has 0 fully saturated rings. The van der Waals surface area contributed by atoms with Crippen molar-refractivity contribution in [2.24, 2.45) is 11.8 Å². The van der Waals surface area contributed by atoms with Gasteiger partial charge in [0, 0.05) is 6.04 Å². The largest absolute Gasteiger partial charge is 0.303 e. The highest BCUT2D eigenvalue weighted by Gasteiger charge is 2.29. The Labute approximate surface area is 76.5 Å². The monoisotopic (exact) mass is 167 g/mol. The van der Waals surface area contributed by atoms with Crippen LogP contribution in [0.25, 0.3) is 0 Å². The first-order chi connectivity index (χ1) is 5.52. The zero-order valence-electron chi connectivity index (χ0n) is 8.96. The molecule has 2 atom stereocenters. The summed E-state index contributed by atoms with van der Waals surface area (Å²) in [7, 11) is 4.35. The van der Waals surface area contributed by atoms with Gasteiger partial charge in [-0.1, -0.05) is 25.5 Å². The Hall–Kier alpha value is -0.300. The Bertz CT molecular complexity index is 179. The van der Waals surface area contributed by atoms with Crippen LogP contribution in [-0.2, 0) is 0 Å². The second kappa shape index (κ2) is 3.61. The molecule has 0 saturated carbocycles. The Kier molecular flexibility index (Phi) is 2.94. The fraction of sp³-hybridized carbons (Fsp3) is 0.818. The summed E-state index contributed by atoms with van der Waals surface area (Å²) in [4.78, 5) is 2.33. The lowest BCUT2D eigenvalue weighted by atomic mass is 9.89. The third-order valence-corrected chi connectivity index (χ3v) is 2.90. The van der Waals surface area contributed by atoms with Crippen LogP contribution in [0.2, 0.25) is 0 Å². The fourth-order valence-corrected chi connectivity index (χ4v) is 2.14. The van der Waals surface area contributed by atoms with E-state index in [1.807, 2.05) is 0 Å². The van der Waals surface area contributed by atoms with Crippen LogP contribution in [0, 0.1) is 11.8 Å². The van der Waals surface area contributed by atoms with Crippen LogP contribution < -0.4 is 0 Å². The summed E-state index contributed by atoms with van der Waals surface area (Å²) in [6.07, 6.45) is 3.71. The van der Waals surface area contributed by atoms with Gasteiger partial charge in [0.25, 0.3) is 0 Å². The zero-order chi connectivity index (χ0) is 9.30. The van der Waals surface area contributed by atoms with E-state index in [4.69, 9.17) is 0 Å². The topological polar surface area (TPSA) is 3.24 Å². The number of likely N-dealkylation sites (N-methyl/N-ethyl adjacent to an activating group) is 1. The van der Waals surface area contributed by atoms with Gasteiger partial charge in [0.2, 0.25) is 0 Å². The van der Waals surface area contributed by atoms with Crippen molar-refractivity contribution in [3.8, 4) is 0 Å². The smallest absolute Gasteiger partial charge is 0.0308 e. The molecule has 1 rings (SSSR count). The summed E-state index contributed by atoms with van der Waals surface area (Å²) in [6, 6.07) is 0.671. The van der Waals surface area contributed by atoms with Crippen molar-refractivity contribution in [1.82, 2.24) is 4.90 Å². The van der Waals surface area contributed by atoms with Crippen molar-refractivity contribution < 1.29 is 0 Å². The Morgan fingerprint density at radius 3 is 2.33 bits per heavy atom. The second-order valence-electron chi connectivity index (χ2n) is 4.58. The Morgan fingerprint density at radius 1 is 1.42 bits per heavy atom. The Morgan fingerprint density at radius 2 is 2.00 bits per heavy atom. The lowest BCUT2D eigenvalue weighted by molar-refractivity contribution is 0.222. The van der Waals surface area contributed by atoms with E-state index in [1.165, 1.54) is 6.42 Å². The number of hydrogen-bond acceptors (Lipinski definition) is 1. The minimum atomic E-state index is 0.671. The fourth-order valence-electron chi connectivity index (χ4n) is 2.14. The lowest BCUT2D eigenvalue weighted by Gasteiger charge is -2.28. The maximum atomic E-state index is 2.42. The zero-order valence-corrected chi connectivity index (χ0v) is 8.96. The third kappa shape index (κ3) is 1.89. The van der Waals surface area contributed by atoms with E-state index in [1.54, 1.807) is 5.57 Å². The SMILES string of the molecule is CC1=CC(N(C)C)C(C(C)C)C1. The average Bonchev–Trinajstić information content (AvgIpc) is 2.31. The normalized spacial score (nSPS) is 30.1. The quantitative estimate of drug-likeness (QED) is 0.571. The summed E-state index contributed by atoms with van der Waals surface area (Å²) >= 11 is 0. The highest BCUT2D eigenvalue weighted by atomic mass is 15.1. The summed E-state index contributed by atoms with van der Waals surface area (Å²) < 4.78 is 0. The van der Waals surface area contributed by atoms with Crippen LogP contribution in [0.1, 0.15) is 27.2 Å². The molecule has 0 aromatic carbocycles. The number of hydrogen-bond donors (Lipinski definition) is 0. The predicted molar refractivity (Wildman–Crippen MR) is 54.2 cm³/mol.